The zero-order valence-electron chi connectivity index (χ0n) is 18.6. The van der Waals surface area contributed by atoms with Gasteiger partial charge in [-0.1, -0.05) is 42.6 Å². The van der Waals surface area contributed by atoms with E-state index in [9.17, 15) is 9.59 Å². The molecule has 0 radical (unpaired) electrons. The summed E-state index contributed by atoms with van der Waals surface area (Å²) in [5, 5.41) is 18.0. The normalized spacial score (nSPS) is 10.4. The first kappa shape index (κ1) is 24.9. The number of para-hydroxylation sites is 1. The van der Waals surface area contributed by atoms with Gasteiger partial charge < -0.3 is 16.0 Å². The number of nitrogens with zero attached hydrogens (tertiary/aromatic N) is 2. The maximum Gasteiger partial charge on any atom is 0.243 e. The Labute approximate surface area is 202 Å². The van der Waals surface area contributed by atoms with E-state index in [1.54, 1.807) is 17.6 Å². The summed E-state index contributed by atoms with van der Waals surface area (Å²) in [5.74, 6) is 0.427. The lowest BCUT2D eigenvalue weighted by atomic mass is 10.1. The molecule has 0 atom stereocenters. The van der Waals surface area contributed by atoms with E-state index in [1.165, 1.54) is 6.20 Å². The fourth-order valence-corrected chi connectivity index (χ4v) is 3.28. The van der Waals surface area contributed by atoms with Gasteiger partial charge in [-0.25, -0.2) is 10.5 Å². The Kier molecular flexibility index (Phi) is 9.63. The summed E-state index contributed by atoms with van der Waals surface area (Å²) in [5.41, 5.74) is 3.93. The molecule has 0 saturated carbocycles. The number of hydrogen-bond donors (Lipinski definition) is 5. The summed E-state index contributed by atoms with van der Waals surface area (Å²) in [4.78, 5) is 31.7. The van der Waals surface area contributed by atoms with Crippen molar-refractivity contribution in [2.24, 2.45) is 0 Å². The molecule has 10 heteroatoms. The third-order valence-electron chi connectivity index (χ3n) is 4.89. The molecule has 0 unspecified atom stereocenters. The van der Waals surface area contributed by atoms with Crippen LogP contribution in [0.25, 0.3) is 0 Å². The van der Waals surface area contributed by atoms with Gasteiger partial charge in [-0.2, -0.15) is 4.98 Å². The van der Waals surface area contributed by atoms with Crippen LogP contribution in [0, 0.1) is 0 Å². The van der Waals surface area contributed by atoms with E-state index < -0.39 is 0 Å². The van der Waals surface area contributed by atoms with E-state index in [0.717, 1.165) is 30.6 Å². The molecule has 0 saturated heterocycles. The summed E-state index contributed by atoms with van der Waals surface area (Å²) >= 11 is 6.22. The highest BCUT2D eigenvalue weighted by atomic mass is 35.5. The number of carbonyl (C=O) groups excluding carboxylic acids is 2. The quantitative estimate of drug-likeness (QED) is 0.133. The topological polar surface area (TPSA) is 128 Å². The minimum absolute atomic E-state index is 0.0635. The number of carbonyl (C=O) groups is 2. The van der Waals surface area contributed by atoms with Crippen molar-refractivity contribution in [1.82, 2.24) is 15.4 Å². The smallest absolute Gasteiger partial charge is 0.243 e. The predicted molar refractivity (Wildman–Crippen MR) is 133 cm³/mol. The molecular weight excluding hydrogens is 456 g/mol. The van der Waals surface area contributed by atoms with Crippen LogP contribution in [0.1, 0.15) is 38.5 Å². The fourth-order valence-electron chi connectivity index (χ4n) is 3.14. The molecule has 0 spiro atoms. The Morgan fingerprint density at radius 1 is 0.794 bits per heavy atom. The van der Waals surface area contributed by atoms with Crippen molar-refractivity contribution in [3.8, 4) is 0 Å². The van der Waals surface area contributed by atoms with E-state index in [-0.39, 0.29) is 18.2 Å². The molecule has 2 amide bonds. The molecule has 3 aromatic rings. The third-order valence-corrected chi connectivity index (χ3v) is 5.16. The SMILES string of the molecule is O=C(CCCCCCC(=O)Nc1ccc(Nc2ncc(Cl)c(Nc3ccccc3)n2)cc1)NO. The Morgan fingerprint density at radius 3 is 2.09 bits per heavy atom. The van der Waals surface area contributed by atoms with Crippen molar-refractivity contribution >= 4 is 52.2 Å². The molecule has 0 aliphatic heterocycles. The number of halogens is 1. The van der Waals surface area contributed by atoms with Gasteiger partial charge >= 0.3 is 0 Å². The van der Waals surface area contributed by atoms with Gasteiger partial charge in [0.2, 0.25) is 17.8 Å². The fraction of sp³-hybridized carbons (Fsp3) is 0.250. The van der Waals surface area contributed by atoms with E-state index in [2.05, 4.69) is 25.9 Å². The van der Waals surface area contributed by atoms with Crippen molar-refractivity contribution in [3.63, 3.8) is 0 Å². The van der Waals surface area contributed by atoms with Crippen LogP contribution >= 0.6 is 11.6 Å². The second-order valence-corrected chi connectivity index (χ2v) is 7.99. The van der Waals surface area contributed by atoms with Crippen molar-refractivity contribution in [2.45, 2.75) is 38.5 Å². The molecule has 0 fully saturated rings. The Bertz CT molecular complexity index is 1080. The minimum Gasteiger partial charge on any atom is -0.339 e. The van der Waals surface area contributed by atoms with Gasteiger partial charge in [0, 0.05) is 29.9 Å². The lowest BCUT2D eigenvalue weighted by molar-refractivity contribution is -0.129. The van der Waals surface area contributed by atoms with E-state index in [4.69, 9.17) is 16.8 Å². The van der Waals surface area contributed by atoms with Crippen LogP contribution in [0.2, 0.25) is 5.02 Å². The van der Waals surface area contributed by atoms with Crippen molar-refractivity contribution < 1.29 is 14.8 Å². The second kappa shape index (κ2) is 13.1. The van der Waals surface area contributed by atoms with Gasteiger partial charge in [0.05, 0.1) is 6.20 Å². The number of benzene rings is 2. The molecule has 178 valence electrons. The third kappa shape index (κ3) is 8.34. The van der Waals surface area contributed by atoms with Crippen molar-refractivity contribution in [3.05, 3.63) is 65.8 Å². The molecule has 2 aromatic carbocycles. The molecular formula is C24H27ClN6O3. The standard InChI is InChI=1S/C24H27ClN6O3/c25-20-16-26-24(30-23(20)28-17-8-4-3-5-9-17)29-19-14-12-18(13-15-19)27-21(32)10-6-1-2-7-11-22(33)31-34/h3-5,8-9,12-16,34H,1-2,6-7,10-11H2,(H,27,32)(H,31,33)(H2,26,28,29,30). The van der Waals surface area contributed by atoms with Crippen LogP contribution in [0.4, 0.5) is 28.8 Å². The molecule has 34 heavy (non-hydrogen) atoms. The number of hydroxylamine groups is 1. The van der Waals surface area contributed by atoms with Gasteiger partial charge in [-0.05, 0) is 49.2 Å². The first-order chi connectivity index (χ1) is 16.5. The first-order valence-electron chi connectivity index (χ1n) is 11.0. The molecule has 0 bridgehead atoms. The number of aromatic nitrogens is 2. The second-order valence-electron chi connectivity index (χ2n) is 7.58. The van der Waals surface area contributed by atoms with Gasteiger partial charge in [-0.15, -0.1) is 0 Å². The number of amides is 2. The lowest BCUT2D eigenvalue weighted by Crippen LogP contribution is -2.17. The highest BCUT2D eigenvalue weighted by molar-refractivity contribution is 6.32. The monoisotopic (exact) mass is 482 g/mol. The van der Waals surface area contributed by atoms with Gasteiger partial charge in [-0.3, -0.25) is 14.8 Å². The van der Waals surface area contributed by atoms with E-state index in [0.29, 0.717) is 35.3 Å². The number of rotatable bonds is 12. The molecule has 3 rings (SSSR count). The van der Waals surface area contributed by atoms with Crippen LogP contribution in [-0.4, -0.2) is 27.0 Å². The van der Waals surface area contributed by atoms with Crippen molar-refractivity contribution in [2.75, 3.05) is 16.0 Å². The zero-order valence-corrected chi connectivity index (χ0v) is 19.3. The predicted octanol–water partition coefficient (Wildman–Crippen LogP) is 5.40. The maximum atomic E-state index is 12.1. The molecule has 0 aliphatic carbocycles. The van der Waals surface area contributed by atoms with Crippen LogP contribution < -0.4 is 21.4 Å². The number of hydrogen-bond acceptors (Lipinski definition) is 7. The maximum absolute atomic E-state index is 12.1. The van der Waals surface area contributed by atoms with E-state index in [1.807, 2.05) is 42.5 Å². The number of anilines is 5. The molecule has 1 heterocycles. The molecule has 9 nitrogen and oxygen atoms in total. The van der Waals surface area contributed by atoms with Gasteiger partial charge in [0.1, 0.15) is 5.02 Å². The van der Waals surface area contributed by atoms with Crippen LogP contribution in [0.5, 0.6) is 0 Å². The van der Waals surface area contributed by atoms with Crippen LogP contribution in [0.15, 0.2) is 60.8 Å². The van der Waals surface area contributed by atoms with Crippen LogP contribution in [0.3, 0.4) is 0 Å². The average molecular weight is 483 g/mol. The summed E-state index contributed by atoms with van der Waals surface area (Å²) < 4.78 is 0. The summed E-state index contributed by atoms with van der Waals surface area (Å²) in [7, 11) is 0. The van der Waals surface area contributed by atoms with Gasteiger partial charge in [0.25, 0.3) is 0 Å². The highest BCUT2D eigenvalue weighted by Crippen LogP contribution is 2.25. The Balaban J connectivity index is 1.45. The van der Waals surface area contributed by atoms with E-state index >= 15 is 0 Å². The molecule has 1 aromatic heterocycles. The Morgan fingerprint density at radius 2 is 1.41 bits per heavy atom. The summed E-state index contributed by atoms with van der Waals surface area (Å²) in [6.45, 7) is 0. The molecule has 5 N–H and O–H groups in total. The number of unbranched alkanes of at least 4 members (excludes halogenated alkanes) is 3. The summed E-state index contributed by atoms with van der Waals surface area (Å²) in [6.07, 6.45) is 5.31. The highest BCUT2D eigenvalue weighted by Gasteiger charge is 2.07. The Hall–Kier alpha value is -3.69. The largest absolute Gasteiger partial charge is 0.339 e. The van der Waals surface area contributed by atoms with Gasteiger partial charge in [0.15, 0.2) is 5.82 Å². The lowest BCUT2D eigenvalue weighted by Gasteiger charge is -2.11. The average Bonchev–Trinajstić information content (AvgIpc) is 2.85. The van der Waals surface area contributed by atoms with Crippen LogP contribution in [-0.2, 0) is 9.59 Å². The number of nitrogens with one attached hydrogen (secondary N) is 4. The minimum atomic E-state index is -0.386. The van der Waals surface area contributed by atoms with Crippen molar-refractivity contribution in [1.29, 1.82) is 0 Å². The molecule has 0 aliphatic rings. The first-order valence-corrected chi connectivity index (χ1v) is 11.4. The zero-order chi connectivity index (χ0) is 24.2. The summed E-state index contributed by atoms with van der Waals surface area (Å²) in [6, 6.07) is 16.8.